The summed E-state index contributed by atoms with van der Waals surface area (Å²) < 4.78 is 5.33. The minimum Gasteiger partial charge on any atom is -0.465 e. The number of anilines is 2. The summed E-state index contributed by atoms with van der Waals surface area (Å²) in [5.41, 5.74) is 2.98. The molecule has 0 saturated heterocycles. The molecular weight excluding hydrogens is 522 g/mol. The van der Waals surface area contributed by atoms with E-state index >= 15 is 0 Å². The van der Waals surface area contributed by atoms with E-state index in [0.29, 0.717) is 22.9 Å². The van der Waals surface area contributed by atoms with E-state index in [-0.39, 0.29) is 16.9 Å². The molecule has 0 fully saturated rings. The zero-order valence-electron chi connectivity index (χ0n) is 22.5. The molecule has 0 spiro atoms. The molecule has 7 nitrogen and oxygen atoms in total. The highest BCUT2D eigenvalue weighted by atomic mass is 32.2. The van der Waals surface area contributed by atoms with Crippen LogP contribution in [0.4, 0.5) is 11.4 Å². The zero-order valence-corrected chi connectivity index (χ0v) is 23.3. The molecule has 4 rings (SSSR count). The lowest BCUT2D eigenvalue weighted by Gasteiger charge is -2.14. The van der Waals surface area contributed by atoms with Crippen LogP contribution >= 0.6 is 11.8 Å². The molecule has 40 heavy (non-hydrogen) atoms. The number of thioether (sulfide) groups is 1. The molecule has 0 bridgehead atoms. The summed E-state index contributed by atoms with van der Waals surface area (Å²) in [7, 11) is 0. The molecule has 0 aliphatic rings. The van der Waals surface area contributed by atoms with Gasteiger partial charge in [0.05, 0.1) is 11.5 Å². The molecule has 1 atom stereocenters. The lowest BCUT2D eigenvalue weighted by Crippen LogP contribution is -2.30. The monoisotopic (exact) mass is 553 g/mol. The fourth-order valence-corrected chi connectivity index (χ4v) is 4.59. The fraction of sp³-hybridized carbons (Fsp3) is 0.156. The van der Waals surface area contributed by atoms with Crippen LogP contribution < -0.4 is 16.0 Å². The first-order valence-electron chi connectivity index (χ1n) is 12.9. The summed E-state index contributed by atoms with van der Waals surface area (Å²) >= 11 is 1.42. The second-order valence-corrected chi connectivity index (χ2v) is 10.8. The molecule has 3 aromatic carbocycles. The van der Waals surface area contributed by atoms with Crippen LogP contribution in [-0.2, 0) is 9.59 Å². The van der Waals surface area contributed by atoms with Gasteiger partial charge in [-0.05, 0) is 79.1 Å². The van der Waals surface area contributed by atoms with Gasteiger partial charge in [-0.2, -0.15) is 0 Å². The van der Waals surface area contributed by atoms with Crippen LogP contribution in [0.1, 0.15) is 48.4 Å². The molecule has 1 heterocycles. The summed E-state index contributed by atoms with van der Waals surface area (Å²) in [4.78, 5) is 39.4. The van der Waals surface area contributed by atoms with Gasteiger partial charge in [0.2, 0.25) is 5.91 Å². The van der Waals surface area contributed by atoms with E-state index < -0.39 is 11.8 Å². The quantitative estimate of drug-likeness (QED) is 0.146. The minimum absolute atomic E-state index is 0.0361. The Bertz CT molecular complexity index is 1460. The van der Waals surface area contributed by atoms with Gasteiger partial charge in [-0.3, -0.25) is 14.4 Å². The van der Waals surface area contributed by atoms with Gasteiger partial charge in [-0.15, -0.1) is 11.8 Å². The molecule has 0 saturated carbocycles. The van der Waals surface area contributed by atoms with Gasteiger partial charge in [0, 0.05) is 27.9 Å². The summed E-state index contributed by atoms with van der Waals surface area (Å²) in [5, 5.41) is 8.10. The Labute approximate surface area is 238 Å². The Hall–Kier alpha value is -4.56. The molecule has 1 unspecified atom stereocenters. The van der Waals surface area contributed by atoms with Crippen molar-refractivity contribution in [2.75, 3.05) is 10.6 Å². The van der Waals surface area contributed by atoms with E-state index in [2.05, 4.69) is 29.8 Å². The SMILES string of the molecule is CC(Sc1ccc(NC(=O)/C(=C/c2ccco2)NC(=O)c2ccccc2)cc1)C(=O)Nc1ccc(C(C)C)cc1. The van der Waals surface area contributed by atoms with E-state index in [9.17, 15) is 14.4 Å². The molecule has 3 amide bonds. The molecule has 204 valence electrons. The Morgan fingerprint density at radius 3 is 2.05 bits per heavy atom. The summed E-state index contributed by atoms with van der Waals surface area (Å²) in [5.74, 6) is -0.158. The Balaban J connectivity index is 1.37. The number of amides is 3. The van der Waals surface area contributed by atoms with Gasteiger partial charge in [0.15, 0.2) is 0 Å². The number of furan rings is 1. The van der Waals surface area contributed by atoms with Crippen LogP contribution in [0.25, 0.3) is 6.08 Å². The lowest BCUT2D eigenvalue weighted by molar-refractivity contribution is -0.115. The van der Waals surface area contributed by atoms with Crippen LogP contribution in [-0.4, -0.2) is 23.0 Å². The lowest BCUT2D eigenvalue weighted by atomic mass is 10.0. The van der Waals surface area contributed by atoms with Crippen molar-refractivity contribution in [2.24, 2.45) is 0 Å². The highest BCUT2D eigenvalue weighted by Crippen LogP contribution is 2.26. The second-order valence-electron chi connectivity index (χ2n) is 9.40. The number of benzene rings is 3. The third kappa shape index (κ3) is 7.97. The number of carbonyl (C=O) groups excluding carboxylic acids is 3. The van der Waals surface area contributed by atoms with Gasteiger partial charge in [0.1, 0.15) is 11.5 Å². The van der Waals surface area contributed by atoms with E-state index in [1.54, 1.807) is 48.5 Å². The first-order valence-corrected chi connectivity index (χ1v) is 13.8. The molecule has 8 heteroatoms. The topological polar surface area (TPSA) is 100 Å². The third-order valence-corrected chi connectivity index (χ3v) is 7.11. The predicted octanol–water partition coefficient (Wildman–Crippen LogP) is 6.93. The van der Waals surface area contributed by atoms with E-state index in [4.69, 9.17) is 4.42 Å². The Morgan fingerprint density at radius 1 is 0.775 bits per heavy atom. The number of rotatable bonds is 10. The molecule has 3 N–H and O–H groups in total. The predicted molar refractivity (Wildman–Crippen MR) is 160 cm³/mol. The van der Waals surface area contributed by atoms with Crippen molar-refractivity contribution < 1.29 is 18.8 Å². The highest BCUT2D eigenvalue weighted by molar-refractivity contribution is 8.00. The molecule has 4 aromatic rings. The standard InChI is InChI=1S/C32H31N3O4S/c1-21(2)23-11-13-25(14-12-23)33-30(36)22(3)40-28-17-15-26(16-18-28)34-32(38)29(20-27-10-7-19-39-27)35-31(37)24-8-5-4-6-9-24/h4-22H,1-3H3,(H,33,36)(H,34,38)(H,35,37)/b29-20-. The first kappa shape index (κ1) is 28.4. The van der Waals surface area contributed by atoms with Crippen molar-refractivity contribution in [1.82, 2.24) is 5.32 Å². The largest absolute Gasteiger partial charge is 0.465 e. The van der Waals surface area contributed by atoms with Crippen molar-refractivity contribution in [3.05, 3.63) is 120 Å². The van der Waals surface area contributed by atoms with Crippen LogP contribution in [0.2, 0.25) is 0 Å². The van der Waals surface area contributed by atoms with Gasteiger partial charge in [0.25, 0.3) is 11.8 Å². The van der Waals surface area contributed by atoms with Crippen molar-refractivity contribution in [3.63, 3.8) is 0 Å². The highest BCUT2D eigenvalue weighted by Gasteiger charge is 2.17. The molecule has 1 aromatic heterocycles. The average Bonchev–Trinajstić information content (AvgIpc) is 3.47. The van der Waals surface area contributed by atoms with Crippen molar-refractivity contribution >= 4 is 46.9 Å². The normalized spacial score (nSPS) is 12.1. The number of hydrogen-bond acceptors (Lipinski definition) is 5. The smallest absolute Gasteiger partial charge is 0.272 e. The van der Waals surface area contributed by atoms with E-state index in [1.165, 1.54) is 29.7 Å². The van der Waals surface area contributed by atoms with Crippen LogP contribution in [0, 0.1) is 0 Å². The summed E-state index contributed by atoms with van der Waals surface area (Å²) in [6, 6.07) is 27.1. The molecule has 0 aliphatic heterocycles. The molecular formula is C32H31N3O4S. The maximum absolute atomic E-state index is 13.1. The van der Waals surface area contributed by atoms with Gasteiger partial charge in [-0.1, -0.05) is 44.2 Å². The van der Waals surface area contributed by atoms with Gasteiger partial charge < -0.3 is 20.4 Å². The molecule has 0 radical (unpaired) electrons. The Morgan fingerprint density at radius 2 is 1.43 bits per heavy atom. The Kier molecular flexibility index (Phi) is 9.59. The van der Waals surface area contributed by atoms with Crippen molar-refractivity contribution in [2.45, 2.75) is 36.8 Å². The van der Waals surface area contributed by atoms with Crippen molar-refractivity contribution in [3.8, 4) is 0 Å². The number of carbonyl (C=O) groups is 3. The van der Waals surface area contributed by atoms with Crippen LogP contribution in [0.5, 0.6) is 0 Å². The van der Waals surface area contributed by atoms with Gasteiger partial charge in [-0.25, -0.2) is 0 Å². The van der Waals surface area contributed by atoms with Crippen LogP contribution in [0.15, 0.2) is 112 Å². The van der Waals surface area contributed by atoms with Crippen molar-refractivity contribution in [1.29, 1.82) is 0 Å². The van der Waals surface area contributed by atoms with Crippen LogP contribution in [0.3, 0.4) is 0 Å². The maximum atomic E-state index is 13.1. The summed E-state index contributed by atoms with van der Waals surface area (Å²) in [6.45, 7) is 6.10. The average molecular weight is 554 g/mol. The summed E-state index contributed by atoms with van der Waals surface area (Å²) in [6.07, 6.45) is 2.96. The first-order chi connectivity index (χ1) is 19.3. The number of hydrogen-bond donors (Lipinski definition) is 3. The fourth-order valence-electron chi connectivity index (χ4n) is 3.73. The maximum Gasteiger partial charge on any atom is 0.272 e. The number of nitrogens with one attached hydrogen (secondary N) is 3. The van der Waals surface area contributed by atoms with E-state index in [0.717, 1.165) is 10.6 Å². The minimum atomic E-state index is -0.502. The zero-order chi connectivity index (χ0) is 28.5. The second kappa shape index (κ2) is 13.5. The third-order valence-electron chi connectivity index (χ3n) is 6.00. The molecule has 0 aliphatic carbocycles. The van der Waals surface area contributed by atoms with Gasteiger partial charge >= 0.3 is 0 Å². The van der Waals surface area contributed by atoms with E-state index in [1.807, 2.05) is 49.4 Å².